The molecule has 0 aliphatic rings. The summed E-state index contributed by atoms with van der Waals surface area (Å²) < 4.78 is 20.3. The number of rotatable bonds is 3. The highest BCUT2D eigenvalue weighted by molar-refractivity contribution is 9.10. The van der Waals surface area contributed by atoms with Crippen molar-refractivity contribution in [3.05, 3.63) is 46.8 Å². The third-order valence-electron chi connectivity index (χ3n) is 2.59. The van der Waals surface area contributed by atoms with Crippen LogP contribution in [0.4, 0.5) is 10.1 Å². The largest absolute Gasteiger partial charge is 0.396 e. The molecule has 0 saturated heterocycles. The highest BCUT2D eigenvalue weighted by Gasteiger charge is 2.12. The summed E-state index contributed by atoms with van der Waals surface area (Å²) in [6.45, 7) is 0.322. The molecular formula is C12H9BrFN5O. The van der Waals surface area contributed by atoms with E-state index in [-0.39, 0.29) is 5.82 Å². The Labute approximate surface area is 121 Å². The number of anilines is 1. The van der Waals surface area contributed by atoms with Gasteiger partial charge in [-0.25, -0.2) is 4.39 Å². The quantitative estimate of drug-likeness (QED) is 0.793. The molecule has 2 heterocycles. The molecule has 20 heavy (non-hydrogen) atoms. The minimum atomic E-state index is -0.337. The Morgan fingerprint density at radius 2 is 2.25 bits per heavy atom. The normalized spacial score (nSPS) is 10.9. The molecule has 102 valence electrons. The topological polar surface area (TPSA) is 82.8 Å². The number of hydrogen-bond acceptors (Lipinski definition) is 5. The molecule has 3 rings (SSSR count). The standard InChI is InChI=1S/C12H9BrFN5O/c13-10-3-7(14)1-2-9(10)12-17-11(20-18-12)6-19-5-8(15)4-16-19/h1-5H,6,15H2. The molecule has 2 aromatic heterocycles. The number of nitrogens with two attached hydrogens (primary N) is 1. The van der Waals surface area contributed by atoms with Crippen LogP contribution in [-0.2, 0) is 6.54 Å². The van der Waals surface area contributed by atoms with Crippen molar-refractivity contribution in [2.24, 2.45) is 0 Å². The molecule has 3 aromatic rings. The molecule has 6 nitrogen and oxygen atoms in total. The smallest absolute Gasteiger partial charge is 0.248 e. The van der Waals surface area contributed by atoms with Crippen molar-refractivity contribution < 1.29 is 8.91 Å². The lowest BCUT2D eigenvalue weighted by Gasteiger charge is -1.98. The molecule has 0 radical (unpaired) electrons. The van der Waals surface area contributed by atoms with Crippen molar-refractivity contribution in [1.82, 2.24) is 19.9 Å². The van der Waals surface area contributed by atoms with Crippen LogP contribution >= 0.6 is 15.9 Å². The second-order valence-corrected chi connectivity index (χ2v) is 4.96. The van der Waals surface area contributed by atoms with Gasteiger partial charge >= 0.3 is 0 Å². The van der Waals surface area contributed by atoms with Gasteiger partial charge in [0.1, 0.15) is 12.4 Å². The molecule has 1 aromatic carbocycles. The summed E-state index contributed by atoms with van der Waals surface area (Å²) in [5.41, 5.74) is 6.79. The van der Waals surface area contributed by atoms with E-state index in [0.29, 0.717) is 34.0 Å². The van der Waals surface area contributed by atoms with Crippen LogP contribution in [0.5, 0.6) is 0 Å². The molecule has 8 heteroatoms. The Morgan fingerprint density at radius 3 is 2.95 bits per heavy atom. The van der Waals surface area contributed by atoms with Crippen molar-refractivity contribution in [2.75, 3.05) is 5.73 Å². The SMILES string of the molecule is Nc1cnn(Cc2nc(-c3ccc(F)cc3Br)no2)c1. The third-order valence-corrected chi connectivity index (χ3v) is 3.25. The van der Waals surface area contributed by atoms with E-state index < -0.39 is 0 Å². The fourth-order valence-electron chi connectivity index (χ4n) is 1.70. The van der Waals surface area contributed by atoms with E-state index >= 15 is 0 Å². The van der Waals surface area contributed by atoms with Crippen LogP contribution in [0, 0.1) is 5.82 Å². The molecule has 0 amide bonds. The Bertz CT molecular complexity index is 754. The lowest BCUT2D eigenvalue weighted by atomic mass is 10.2. The molecule has 0 aliphatic heterocycles. The first-order valence-corrected chi connectivity index (χ1v) is 6.47. The molecule has 0 aliphatic carbocycles. The van der Waals surface area contributed by atoms with E-state index in [0.717, 1.165) is 0 Å². The zero-order chi connectivity index (χ0) is 14.1. The van der Waals surface area contributed by atoms with Gasteiger partial charge < -0.3 is 10.3 Å². The second kappa shape index (κ2) is 5.04. The van der Waals surface area contributed by atoms with Crippen molar-refractivity contribution >= 4 is 21.6 Å². The monoisotopic (exact) mass is 337 g/mol. The van der Waals surface area contributed by atoms with Gasteiger partial charge in [-0.2, -0.15) is 10.1 Å². The van der Waals surface area contributed by atoms with E-state index in [9.17, 15) is 4.39 Å². The van der Waals surface area contributed by atoms with Crippen molar-refractivity contribution in [3.8, 4) is 11.4 Å². The maximum absolute atomic E-state index is 13.0. The number of aromatic nitrogens is 4. The summed E-state index contributed by atoms with van der Waals surface area (Å²) >= 11 is 3.27. The second-order valence-electron chi connectivity index (χ2n) is 4.11. The predicted molar refractivity (Wildman–Crippen MR) is 73.1 cm³/mol. The van der Waals surface area contributed by atoms with E-state index in [1.165, 1.54) is 18.3 Å². The van der Waals surface area contributed by atoms with Crippen LogP contribution in [0.1, 0.15) is 5.89 Å². The summed E-state index contributed by atoms with van der Waals surface area (Å²) in [4.78, 5) is 4.24. The van der Waals surface area contributed by atoms with Gasteiger partial charge in [0, 0.05) is 16.2 Å². The average molecular weight is 338 g/mol. The highest BCUT2D eigenvalue weighted by Crippen LogP contribution is 2.26. The molecule has 0 bridgehead atoms. The molecule has 0 spiro atoms. The summed E-state index contributed by atoms with van der Waals surface area (Å²) in [5, 5.41) is 7.90. The molecular weight excluding hydrogens is 329 g/mol. The summed E-state index contributed by atoms with van der Waals surface area (Å²) in [7, 11) is 0. The zero-order valence-electron chi connectivity index (χ0n) is 10.1. The van der Waals surface area contributed by atoms with Gasteiger partial charge in [0.25, 0.3) is 0 Å². The van der Waals surface area contributed by atoms with Gasteiger partial charge in [0.05, 0.1) is 11.9 Å². The fraction of sp³-hybridized carbons (Fsp3) is 0.0833. The van der Waals surface area contributed by atoms with Crippen LogP contribution in [0.25, 0.3) is 11.4 Å². The molecule has 0 fully saturated rings. The van der Waals surface area contributed by atoms with Crippen LogP contribution in [0.3, 0.4) is 0 Å². The Hall–Kier alpha value is -2.22. The van der Waals surface area contributed by atoms with Crippen molar-refractivity contribution in [1.29, 1.82) is 0 Å². The summed E-state index contributed by atoms with van der Waals surface area (Å²) in [6.07, 6.45) is 3.20. The van der Waals surface area contributed by atoms with Crippen LogP contribution in [0.15, 0.2) is 39.6 Å². The van der Waals surface area contributed by atoms with Gasteiger partial charge in [0.15, 0.2) is 0 Å². The third kappa shape index (κ3) is 2.55. The minimum absolute atomic E-state index is 0.322. The number of hydrogen-bond donors (Lipinski definition) is 1. The maximum Gasteiger partial charge on any atom is 0.248 e. The summed E-state index contributed by atoms with van der Waals surface area (Å²) in [5.74, 6) is 0.433. The maximum atomic E-state index is 13.0. The molecule has 0 unspecified atom stereocenters. The molecule has 0 atom stereocenters. The van der Waals surface area contributed by atoms with Crippen molar-refractivity contribution in [3.63, 3.8) is 0 Å². The average Bonchev–Trinajstić information content (AvgIpc) is 2.99. The number of halogens is 2. The highest BCUT2D eigenvalue weighted by atomic mass is 79.9. The first kappa shape index (κ1) is 12.8. The van der Waals surface area contributed by atoms with Gasteiger partial charge in [-0.3, -0.25) is 4.68 Å². The predicted octanol–water partition coefficient (Wildman–Crippen LogP) is 2.47. The first-order valence-electron chi connectivity index (χ1n) is 5.68. The van der Waals surface area contributed by atoms with E-state index in [2.05, 4.69) is 31.2 Å². The minimum Gasteiger partial charge on any atom is -0.396 e. The van der Waals surface area contributed by atoms with Gasteiger partial charge in [-0.05, 0) is 34.1 Å². The number of benzene rings is 1. The first-order chi connectivity index (χ1) is 9.61. The summed E-state index contributed by atoms with van der Waals surface area (Å²) in [6, 6.07) is 4.27. The molecule has 2 N–H and O–H groups in total. The van der Waals surface area contributed by atoms with E-state index in [1.807, 2.05) is 0 Å². The van der Waals surface area contributed by atoms with Gasteiger partial charge in [0.2, 0.25) is 11.7 Å². The Kier molecular flexibility index (Phi) is 3.23. The lowest BCUT2D eigenvalue weighted by Crippen LogP contribution is -2.00. The lowest BCUT2D eigenvalue weighted by molar-refractivity contribution is 0.366. The van der Waals surface area contributed by atoms with Crippen LogP contribution < -0.4 is 5.73 Å². The number of nitrogens with zero attached hydrogens (tertiary/aromatic N) is 4. The van der Waals surface area contributed by atoms with Crippen LogP contribution in [0.2, 0.25) is 0 Å². The van der Waals surface area contributed by atoms with Crippen molar-refractivity contribution in [2.45, 2.75) is 6.54 Å². The van der Waals surface area contributed by atoms with E-state index in [4.69, 9.17) is 10.3 Å². The molecule has 0 saturated carbocycles. The van der Waals surface area contributed by atoms with E-state index in [1.54, 1.807) is 16.9 Å². The van der Waals surface area contributed by atoms with Gasteiger partial charge in [-0.15, -0.1) is 0 Å². The Balaban J connectivity index is 1.86. The fourth-order valence-corrected chi connectivity index (χ4v) is 2.23. The number of nitrogen functional groups attached to an aromatic ring is 1. The van der Waals surface area contributed by atoms with Gasteiger partial charge in [-0.1, -0.05) is 5.16 Å². The van der Waals surface area contributed by atoms with Crippen LogP contribution in [-0.4, -0.2) is 19.9 Å². The Morgan fingerprint density at radius 1 is 1.40 bits per heavy atom. The zero-order valence-corrected chi connectivity index (χ0v) is 11.7.